The summed E-state index contributed by atoms with van der Waals surface area (Å²) < 4.78 is 5.63. The topological polar surface area (TPSA) is 101 Å². The average Bonchev–Trinajstić information content (AvgIpc) is 3.39. The Bertz CT molecular complexity index is 678. The summed E-state index contributed by atoms with van der Waals surface area (Å²) in [5, 5.41) is 19.2. The molecule has 4 rings (SSSR count). The highest BCUT2D eigenvalue weighted by molar-refractivity contribution is 5.65. The summed E-state index contributed by atoms with van der Waals surface area (Å²) in [5.74, 6) is 1.81. The number of rotatable bonds is 4. The Morgan fingerprint density at radius 1 is 1.33 bits per heavy atom. The van der Waals surface area contributed by atoms with E-state index in [4.69, 9.17) is 9.52 Å². The molecule has 7 heteroatoms. The maximum absolute atomic E-state index is 10.6. The second kappa shape index (κ2) is 4.54. The van der Waals surface area contributed by atoms with Crippen molar-refractivity contribution in [3.05, 3.63) is 29.9 Å². The van der Waals surface area contributed by atoms with Crippen LogP contribution in [0.3, 0.4) is 0 Å². The molecule has 0 spiro atoms. The zero-order valence-corrected chi connectivity index (χ0v) is 11.2. The van der Waals surface area contributed by atoms with Crippen LogP contribution in [0.2, 0.25) is 0 Å². The first-order valence-corrected chi connectivity index (χ1v) is 7.00. The van der Waals surface area contributed by atoms with Crippen LogP contribution in [0.1, 0.15) is 42.7 Å². The lowest BCUT2D eigenvalue weighted by molar-refractivity contribution is 0.193. The molecule has 2 N–H and O–H groups in total. The lowest BCUT2D eigenvalue weighted by Gasteiger charge is -2.01. The minimum absolute atomic E-state index is 0.0225. The molecule has 2 aliphatic rings. The number of hydrogen-bond donors (Lipinski definition) is 2. The third-order valence-electron chi connectivity index (χ3n) is 3.88. The van der Waals surface area contributed by atoms with Gasteiger partial charge in [-0.15, -0.1) is 10.2 Å². The van der Waals surface area contributed by atoms with Gasteiger partial charge in [-0.25, -0.2) is 4.79 Å². The van der Waals surface area contributed by atoms with Crippen LogP contribution in [-0.2, 0) is 0 Å². The molecule has 2 fully saturated rings. The molecule has 0 bridgehead atoms. The Balaban J connectivity index is 1.47. The number of hydrogen-bond acceptors (Lipinski definition) is 5. The molecule has 108 valence electrons. The highest BCUT2D eigenvalue weighted by atomic mass is 16.4. The van der Waals surface area contributed by atoms with E-state index in [0.29, 0.717) is 17.7 Å². The van der Waals surface area contributed by atoms with Gasteiger partial charge >= 0.3 is 6.09 Å². The summed E-state index contributed by atoms with van der Waals surface area (Å²) in [6.07, 6.45) is 3.76. The minimum atomic E-state index is -0.988. The highest BCUT2D eigenvalue weighted by Gasteiger charge is 2.40. The Morgan fingerprint density at radius 3 is 2.86 bits per heavy atom. The smallest absolute Gasteiger partial charge is 0.404 e. The third-order valence-corrected chi connectivity index (χ3v) is 3.88. The Morgan fingerprint density at radius 2 is 2.19 bits per heavy atom. The van der Waals surface area contributed by atoms with Crippen LogP contribution < -0.4 is 5.32 Å². The van der Waals surface area contributed by atoms with E-state index >= 15 is 0 Å². The van der Waals surface area contributed by atoms with Gasteiger partial charge in [0.05, 0.1) is 5.56 Å². The maximum atomic E-state index is 10.6. The first-order valence-electron chi connectivity index (χ1n) is 7.00. The second-order valence-corrected chi connectivity index (χ2v) is 5.59. The number of pyridine rings is 1. The molecular formula is C14H14N4O3. The standard InChI is InChI=1S/C14H14N4O3/c19-14(20)16-11-5-9(11)10-4-3-8(6-15-10)13-18-17-12(21-13)7-1-2-7/h3-4,6-7,9,11,16H,1-2,5H2,(H,19,20). The zero-order chi connectivity index (χ0) is 14.4. The molecule has 0 aromatic carbocycles. The summed E-state index contributed by atoms with van der Waals surface area (Å²) in [6.45, 7) is 0. The van der Waals surface area contributed by atoms with Crippen molar-refractivity contribution in [3.8, 4) is 11.5 Å². The van der Waals surface area contributed by atoms with Crippen LogP contribution >= 0.6 is 0 Å². The van der Waals surface area contributed by atoms with Crippen LogP contribution in [-0.4, -0.2) is 32.4 Å². The largest absolute Gasteiger partial charge is 0.465 e. The monoisotopic (exact) mass is 286 g/mol. The van der Waals surface area contributed by atoms with E-state index in [2.05, 4.69) is 20.5 Å². The Kier molecular flexibility index (Phi) is 2.66. The fourth-order valence-corrected chi connectivity index (χ4v) is 2.44. The quantitative estimate of drug-likeness (QED) is 0.892. The van der Waals surface area contributed by atoms with Gasteiger partial charge in [-0.2, -0.15) is 0 Å². The molecular weight excluding hydrogens is 272 g/mol. The van der Waals surface area contributed by atoms with Gasteiger partial charge in [0.1, 0.15) is 0 Å². The summed E-state index contributed by atoms with van der Waals surface area (Å²) in [6, 6.07) is 3.76. The summed E-state index contributed by atoms with van der Waals surface area (Å²) in [7, 11) is 0. The van der Waals surface area contributed by atoms with E-state index in [1.807, 2.05) is 12.1 Å². The van der Waals surface area contributed by atoms with Crippen molar-refractivity contribution in [2.45, 2.75) is 37.1 Å². The van der Waals surface area contributed by atoms with Gasteiger partial charge in [0.25, 0.3) is 0 Å². The molecule has 2 aromatic heterocycles. The van der Waals surface area contributed by atoms with E-state index in [-0.39, 0.29) is 12.0 Å². The van der Waals surface area contributed by atoms with Gasteiger partial charge in [0.15, 0.2) is 0 Å². The summed E-state index contributed by atoms with van der Waals surface area (Å²) in [4.78, 5) is 15.0. The molecule has 0 saturated heterocycles. The number of amides is 1. The van der Waals surface area contributed by atoms with Crippen molar-refractivity contribution < 1.29 is 14.3 Å². The minimum Gasteiger partial charge on any atom is -0.465 e. The number of carboxylic acid groups (broad SMARTS) is 1. The van der Waals surface area contributed by atoms with Crippen molar-refractivity contribution in [2.24, 2.45) is 0 Å². The molecule has 2 aromatic rings. The molecule has 0 radical (unpaired) electrons. The van der Waals surface area contributed by atoms with Gasteiger partial charge in [-0.3, -0.25) is 4.98 Å². The number of aromatic nitrogens is 3. The van der Waals surface area contributed by atoms with Crippen molar-refractivity contribution in [1.29, 1.82) is 0 Å². The molecule has 7 nitrogen and oxygen atoms in total. The molecule has 21 heavy (non-hydrogen) atoms. The van der Waals surface area contributed by atoms with Gasteiger partial charge in [0.2, 0.25) is 11.8 Å². The molecule has 2 aliphatic carbocycles. The maximum Gasteiger partial charge on any atom is 0.404 e. The Hall–Kier alpha value is -2.44. The Labute approximate surface area is 120 Å². The average molecular weight is 286 g/mol. The predicted octanol–water partition coefficient (Wildman–Crippen LogP) is 2.13. The first kappa shape index (κ1) is 12.3. The SMILES string of the molecule is O=C(O)NC1CC1c1ccc(-c2nnc(C3CC3)o2)cn1. The molecule has 2 unspecified atom stereocenters. The molecule has 0 aliphatic heterocycles. The van der Waals surface area contributed by atoms with Crippen molar-refractivity contribution >= 4 is 6.09 Å². The molecule has 2 heterocycles. The summed E-state index contributed by atoms with van der Waals surface area (Å²) >= 11 is 0. The lowest BCUT2D eigenvalue weighted by atomic mass is 10.2. The van der Waals surface area contributed by atoms with E-state index < -0.39 is 6.09 Å². The number of nitrogens with zero attached hydrogens (tertiary/aromatic N) is 3. The normalized spacial score (nSPS) is 23.8. The van der Waals surface area contributed by atoms with Gasteiger partial charge in [-0.1, -0.05) is 0 Å². The van der Waals surface area contributed by atoms with Crippen LogP contribution in [0.5, 0.6) is 0 Å². The van der Waals surface area contributed by atoms with Crippen LogP contribution in [0.4, 0.5) is 4.79 Å². The lowest BCUT2D eigenvalue weighted by Crippen LogP contribution is -2.24. The fraction of sp³-hybridized carbons (Fsp3) is 0.429. The van der Waals surface area contributed by atoms with Crippen LogP contribution in [0.15, 0.2) is 22.7 Å². The fourth-order valence-electron chi connectivity index (χ4n) is 2.44. The van der Waals surface area contributed by atoms with Gasteiger partial charge in [-0.05, 0) is 31.4 Å². The van der Waals surface area contributed by atoms with Crippen molar-refractivity contribution in [2.75, 3.05) is 0 Å². The molecule has 2 saturated carbocycles. The van der Waals surface area contributed by atoms with E-state index in [9.17, 15) is 4.79 Å². The van der Waals surface area contributed by atoms with Crippen LogP contribution in [0, 0.1) is 0 Å². The molecule has 1 amide bonds. The highest BCUT2D eigenvalue weighted by Crippen LogP contribution is 2.41. The van der Waals surface area contributed by atoms with E-state index in [0.717, 1.165) is 30.5 Å². The summed E-state index contributed by atoms with van der Waals surface area (Å²) in [5.41, 5.74) is 1.68. The van der Waals surface area contributed by atoms with Gasteiger partial charge in [0, 0.05) is 29.8 Å². The zero-order valence-electron chi connectivity index (χ0n) is 11.2. The number of nitrogens with one attached hydrogen (secondary N) is 1. The molecule has 2 atom stereocenters. The number of carbonyl (C=O) groups is 1. The van der Waals surface area contributed by atoms with Gasteiger partial charge < -0.3 is 14.8 Å². The van der Waals surface area contributed by atoms with Crippen molar-refractivity contribution in [3.63, 3.8) is 0 Å². The predicted molar refractivity (Wildman–Crippen MR) is 71.8 cm³/mol. The third kappa shape index (κ3) is 2.46. The van der Waals surface area contributed by atoms with E-state index in [1.165, 1.54) is 0 Å². The second-order valence-electron chi connectivity index (χ2n) is 5.59. The van der Waals surface area contributed by atoms with Crippen LogP contribution in [0.25, 0.3) is 11.5 Å². The first-order chi connectivity index (χ1) is 10.2. The van der Waals surface area contributed by atoms with E-state index in [1.54, 1.807) is 6.20 Å². The van der Waals surface area contributed by atoms with Crippen molar-refractivity contribution in [1.82, 2.24) is 20.5 Å².